The van der Waals surface area contributed by atoms with Crippen molar-refractivity contribution in [1.29, 1.82) is 0 Å². The predicted octanol–water partition coefficient (Wildman–Crippen LogP) is 2.19. The van der Waals surface area contributed by atoms with E-state index in [0.29, 0.717) is 22.9 Å². The van der Waals surface area contributed by atoms with E-state index in [2.05, 4.69) is 20.3 Å². The van der Waals surface area contributed by atoms with Crippen LogP contribution < -0.4 is 16.0 Å². The number of primary amides is 1. The summed E-state index contributed by atoms with van der Waals surface area (Å²) in [4.78, 5) is 36.9. The Morgan fingerprint density at radius 1 is 1.21 bits per heavy atom. The Balaban J connectivity index is 1.90. The summed E-state index contributed by atoms with van der Waals surface area (Å²) in [6, 6.07) is 6.45. The summed E-state index contributed by atoms with van der Waals surface area (Å²) in [6.07, 6.45) is 3.77. The van der Waals surface area contributed by atoms with Gasteiger partial charge in [-0.1, -0.05) is 12.1 Å². The van der Waals surface area contributed by atoms with E-state index in [9.17, 15) is 19.1 Å². The first-order valence-corrected chi connectivity index (χ1v) is 8.76. The number of rotatable bonds is 6. The van der Waals surface area contributed by atoms with Gasteiger partial charge in [0.15, 0.2) is 5.82 Å². The van der Waals surface area contributed by atoms with Gasteiger partial charge < -0.3 is 26.0 Å². The highest BCUT2D eigenvalue weighted by Crippen LogP contribution is 2.47. The number of hydrogen-bond donors (Lipinski definition) is 4. The van der Waals surface area contributed by atoms with Crippen molar-refractivity contribution in [2.24, 2.45) is 5.73 Å². The molecule has 0 bridgehead atoms. The molecule has 4 rings (SSSR count). The number of aromatic amines is 1. The third-order valence-corrected chi connectivity index (χ3v) is 4.72. The van der Waals surface area contributed by atoms with E-state index in [1.165, 1.54) is 30.6 Å². The highest BCUT2D eigenvalue weighted by atomic mass is 19.1. The summed E-state index contributed by atoms with van der Waals surface area (Å²) in [7, 11) is 0. The van der Waals surface area contributed by atoms with Gasteiger partial charge >= 0.3 is 5.97 Å². The van der Waals surface area contributed by atoms with Gasteiger partial charge in [-0.3, -0.25) is 4.79 Å². The minimum atomic E-state index is -1.15. The monoisotopic (exact) mass is 396 g/mol. The number of hydrogen-bond acceptors (Lipinski definition) is 6. The molecule has 1 aliphatic heterocycles. The van der Waals surface area contributed by atoms with E-state index >= 15 is 0 Å². The van der Waals surface area contributed by atoms with Crippen LogP contribution >= 0.6 is 0 Å². The van der Waals surface area contributed by atoms with Crippen molar-refractivity contribution >= 4 is 23.4 Å². The first-order valence-electron chi connectivity index (χ1n) is 8.76. The fourth-order valence-electron chi connectivity index (χ4n) is 3.52. The topological polar surface area (TPSA) is 137 Å². The zero-order valence-electron chi connectivity index (χ0n) is 15.0. The number of nitrogens with one attached hydrogen (secondary N) is 2. The molecule has 29 heavy (non-hydrogen) atoms. The molecule has 2 atom stereocenters. The number of nitrogens with zero attached hydrogens (tertiary/aromatic N) is 3. The van der Waals surface area contributed by atoms with Crippen LogP contribution in [0.3, 0.4) is 0 Å². The van der Waals surface area contributed by atoms with Gasteiger partial charge in [-0.2, -0.15) is 0 Å². The molecule has 1 aromatic carbocycles. The third-order valence-electron chi connectivity index (χ3n) is 4.72. The molecule has 0 saturated heterocycles. The molecule has 0 spiro atoms. The van der Waals surface area contributed by atoms with Gasteiger partial charge in [0.1, 0.15) is 17.8 Å². The van der Waals surface area contributed by atoms with E-state index in [1.54, 1.807) is 23.2 Å². The van der Waals surface area contributed by atoms with Gasteiger partial charge in [0.05, 0.1) is 23.7 Å². The summed E-state index contributed by atoms with van der Waals surface area (Å²) in [5.74, 6) is -1.36. The first kappa shape index (κ1) is 18.4. The number of carbonyl (C=O) groups is 2. The lowest BCUT2D eigenvalue weighted by atomic mass is 10.1. The van der Waals surface area contributed by atoms with Crippen LogP contribution in [0.5, 0.6) is 0 Å². The molecule has 0 aliphatic carbocycles. The van der Waals surface area contributed by atoms with Gasteiger partial charge in [-0.05, 0) is 23.8 Å². The second-order valence-corrected chi connectivity index (χ2v) is 6.53. The summed E-state index contributed by atoms with van der Waals surface area (Å²) in [5, 5.41) is 12.9. The molecule has 5 N–H and O–H groups in total. The predicted molar refractivity (Wildman–Crippen MR) is 102 cm³/mol. The number of benzene rings is 1. The van der Waals surface area contributed by atoms with Crippen molar-refractivity contribution in [1.82, 2.24) is 15.0 Å². The van der Waals surface area contributed by atoms with Crippen molar-refractivity contribution in [2.45, 2.75) is 18.6 Å². The average Bonchev–Trinajstić information content (AvgIpc) is 3.34. The van der Waals surface area contributed by atoms with Crippen LogP contribution in [-0.4, -0.2) is 31.9 Å². The van der Waals surface area contributed by atoms with E-state index in [0.717, 1.165) is 0 Å². The molecule has 0 radical (unpaired) electrons. The molecule has 1 aliphatic rings. The number of carboxylic acids is 1. The summed E-state index contributed by atoms with van der Waals surface area (Å²) in [5.41, 5.74) is 6.44. The minimum absolute atomic E-state index is 0.00754. The number of amides is 1. The Morgan fingerprint density at radius 3 is 2.59 bits per heavy atom. The van der Waals surface area contributed by atoms with Crippen molar-refractivity contribution in [2.75, 3.05) is 10.2 Å². The minimum Gasteiger partial charge on any atom is -0.478 e. The molecule has 3 heterocycles. The number of halogens is 1. The van der Waals surface area contributed by atoms with E-state index in [1.807, 2.05) is 0 Å². The van der Waals surface area contributed by atoms with E-state index in [-0.39, 0.29) is 12.0 Å². The van der Waals surface area contributed by atoms with Crippen LogP contribution in [-0.2, 0) is 4.79 Å². The summed E-state index contributed by atoms with van der Waals surface area (Å²) in [6.45, 7) is 0. The van der Waals surface area contributed by atoms with Crippen LogP contribution in [0, 0.1) is 5.82 Å². The summed E-state index contributed by atoms with van der Waals surface area (Å²) >= 11 is 0. The number of aromatic carboxylic acids is 1. The van der Waals surface area contributed by atoms with Gasteiger partial charge in [-0.25, -0.2) is 19.2 Å². The maximum atomic E-state index is 13.5. The van der Waals surface area contributed by atoms with Crippen LogP contribution in [0.15, 0.2) is 48.9 Å². The lowest BCUT2D eigenvalue weighted by Gasteiger charge is -2.34. The van der Waals surface area contributed by atoms with Gasteiger partial charge in [0.25, 0.3) is 0 Å². The number of pyridine rings is 1. The highest BCUT2D eigenvalue weighted by molar-refractivity contribution is 5.99. The highest BCUT2D eigenvalue weighted by Gasteiger charge is 2.40. The number of fused-ring (bicyclic) bond motifs is 1. The number of carboxylic acid groups (broad SMARTS) is 1. The molecule has 10 heteroatoms. The molecule has 148 valence electrons. The SMILES string of the molecule is NC(=O)CC(c1ncc[nH]1)N1c2c(C(=O)O)ccnc2NC1c1ccc(F)cc1. The zero-order chi connectivity index (χ0) is 20.5. The maximum absolute atomic E-state index is 13.5. The number of nitrogens with two attached hydrogens (primary N) is 1. The van der Waals surface area contributed by atoms with E-state index in [4.69, 9.17) is 5.73 Å². The number of imidazole rings is 1. The zero-order valence-corrected chi connectivity index (χ0v) is 15.0. The van der Waals surface area contributed by atoms with Crippen LogP contribution in [0.1, 0.15) is 40.4 Å². The Hall–Kier alpha value is -3.95. The van der Waals surface area contributed by atoms with Gasteiger partial charge in [0, 0.05) is 18.6 Å². The van der Waals surface area contributed by atoms with Crippen LogP contribution in [0.25, 0.3) is 0 Å². The fraction of sp³-hybridized carbons (Fsp3) is 0.158. The Labute approximate surface area is 164 Å². The number of aromatic nitrogens is 3. The Kier molecular flexibility index (Phi) is 4.59. The lowest BCUT2D eigenvalue weighted by Crippen LogP contribution is -2.36. The molecule has 2 aromatic heterocycles. The maximum Gasteiger partial charge on any atom is 0.338 e. The Morgan fingerprint density at radius 2 is 1.97 bits per heavy atom. The Bertz CT molecular complexity index is 1050. The number of carbonyl (C=O) groups excluding carboxylic acids is 1. The van der Waals surface area contributed by atoms with Crippen molar-refractivity contribution in [3.63, 3.8) is 0 Å². The largest absolute Gasteiger partial charge is 0.478 e. The van der Waals surface area contributed by atoms with Crippen molar-refractivity contribution < 1.29 is 19.1 Å². The second-order valence-electron chi connectivity index (χ2n) is 6.53. The number of H-pyrrole nitrogens is 1. The first-order chi connectivity index (χ1) is 14.0. The lowest BCUT2D eigenvalue weighted by molar-refractivity contribution is -0.118. The van der Waals surface area contributed by atoms with Crippen molar-refractivity contribution in [3.8, 4) is 0 Å². The fourth-order valence-corrected chi connectivity index (χ4v) is 3.52. The summed E-state index contributed by atoms with van der Waals surface area (Å²) < 4.78 is 13.5. The molecule has 9 nitrogen and oxygen atoms in total. The van der Waals surface area contributed by atoms with Gasteiger partial charge in [0.2, 0.25) is 5.91 Å². The molecule has 2 unspecified atom stereocenters. The standard InChI is InChI=1S/C19H17FN6O3/c20-11-3-1-10(2-4-11)18-25-17-15(12(19(28)29)5-6-22-17)26(18)13(9-14(21)27)16-23-7-8-24-16/h1-8,13,18H,9H2,(H2,21,27)(H,22,25)(H,23,24)(H,28,29). The third kappa shape index (κ3) is 3.35. The molecule has 0 fully saturated rings. The molecular weight excluding hydrogens is 379 g/mol. The molecular formula is C19H17FN6O3. The van der Waals surface area contributed by atoms with Crippen LogP contribution in [0.2, 0.25) is 0 Å². The van der Waals surface area contributed by atoms with Gasteiger partial charge in [-0.15, -0.1) is 0 Å². The normalized spacial score (nSPS) is 16.2. The second kappa shape index (κ2) is 7.23. The van der Waals surface area contributed by atoms with E-state index < -0.39 is 29.9 Å². The molecule has 0 saturated carbocycles. The molecule has 3 aromatic rings. The molecule has 1 amide bonds. The smallest absolute Gasteiger partial charge is 0.338 e. The van der Waals surface area contributed by atoms with Crippen LogP contribution in [0.4, 0.5) is 15.9 Å². The average molecular weight is 396 g/mol. The van der Waals surface area contributed by atoms with Crippen molar-refractivity contribution in [3.05, 3.63) is 71.7 Å². The quantitative estimate of drug-likeness (QED) is 0.501. The number of anilines is 2.